The van der Waals surface area contributed by atoms with Crippen molar-refractivity contribution in [1.82, 2.24) is 4.57 Å². The van der Waals surface area contributed by atoms with Crippen molar-refractivity contribution in [1.29, 1.82) is 5.26 Å². The quantitative estimate of drug-likeness (QED) is 0.577. The van der Waals surface area contributed by atoms with E-state index in [2.05, 4.69) is 6.07 Å². The van der Waals surface area contributed by atoms with Gasteiger partial charge in [0.25, 0.3) is 5.56 Å². The fourth-order valence-electron chi connectivity index (χ4n) is 3.61. The molecule has 0 saturated heterocycles. The van der Waals surface area contributed by atoms with Gasteiger partial charge in [0.2, 0.25) is 0 Å². The maximum absolute atomic E-state index is 13.3. The number of halogens is 2. The highest BCUT2D eigenvalue weighted by molar-refractivity contribution is 7.07. The monoisotopic (exact) mass is 483 g/mol. The van der Waals surface area contributed by atoms with Crippen LogP contribution in [0.15, 0.2) is 58.9 Å². The minimum Gasteiger partial charge on any atom is -0.466 e. The van der Waals surface area contributed by atoms with Gasteiger partial charge in [-0.25, -0.2) is 4.79 Å². The molecule has 0 bridgehead atoms. The van der Waals surface area contributed by atoms with E-state index in [1.165, 1.54) is 11.7 Å². The molecular formula is C23H15Cl2N3O3S. The lowest BCUT2D eigenvalue weighted by Crippen LogP contribution is -2.40. The number of benzene rings is 2. The SMILES string of the molecule is COC(=O)C1=c2sc(=Cc3ccccc3Cl)c(=O)n2C(N)=C(C#N)C1c1ccccc1Cl. The van der Waals surface area contributed by atoms with E-state index in [0.29, 0.717) is 25.7 Å². The van der Waals surface area contributed by atoms with Gasteiger partial charge in [-0.2, -0.15) is 5.26 Å². The van der Waals surface area contributed by atoms with E-state index >= 15 is 0 Å². The Morgan fingerprint density at radius 2 is 1.84 bits per heavy atom. The minimum absolute atomic E-state index is 0.0372. The topological polar surface area (TPSA) is 98.1 Å². The van der Waals surface area contributed by atoms with Crippen LogP contribution in [0.2, 0.25) is 10.0 Å². The van der Waals surface area contributed by atoms with E-state index in [0.717, 1.165) is 11.3 Å². The second-order valence-corrected chi connectivity index (χ2v) is 8.69. The van der Waals surface area contributed by atoms with Crippen molar-refractivity contribution in [3.63, 3.8) is 0 Å². The molecule has 32 heavy (non-hydrogen) atoms. The molecule has 2 aromatic carbocycles. The number of fused-ring (bicyclic) bond motifs is 1. The molecule has 160 valence electrons. The van der Waals surface area contributed by atoms with Crippen molar-refractivity contribution in [2.45, 2.75) is 5.92 Å². The summed E-state index contributed by atoms with van der Waals surface area (Å²) in [6.07, 6.45) is 1.62. The van der Waals surface area contributed by atoms with Crippen LogP contribution in [0.5, 0.6) is 0 Å². The number of allylic oxidation sites excluding steroid dienone is 1. The number of nitrogens with zero attached hydrogens (tertiary/aromatic N) is 2. The van der Waals surface area contributed by atoms with Crippen LogP contribution in [0.25, 0.3) is 17.5 Å². The number of carbonyl (C=O) groups is 1. The summed E-state index contributed by atoms with van der Waals surface area (Å²) in [5.41, 5.74) is 7.14. The van der Waals surface area contributed by atoms with Crippen LogP contribution < -0.4 is 20.5 Å². The summed E-state index contributed by atoms with van der Waals surface area (Å²) < 4.78 is 6.77. The fourth-order valence-corrected chi connectivity index (χ4v) is 5.20. The van der Waals surface area contributed by atoms with Crippen LogP contribution in [0.1, 0.15) is 17.0 Å². The number of esters is 1. The standard InChI is InChI=1S/C23H15Cl2N3O3S/c1-31-23(30)19-18(13-7-3-5-9-16(13)25)14(11-26)20(27)28-21(29)17(32-22(19)28)10-12-6-2-4-8-15(12)24/h2-10,18H,27H2,1H3. The molecule has 3 aromatic rings. The lowest BCUT2D eigenvalue weighted by atomic mass is 9.84. The van der Waals surface area contributed by atoms with Crippen molar-refractivity contribution >= 4 is 58.0 Å². The number of thiazole rings is 1. The van der Waals surface area contributed by atoms with Gasteiger partial charge in [-0.1, -0.05) is 59.6 Å². The number of carbonyl (C=O) groups excluding carboxylic acids is 1. The third-order valence-electron chi connectivity index (χ3n) is 5.08. The van der Waals surface area contributed by atoms with Crippen LogP contribution in [0.3, 0.4) is 0 Å². The van der Waals surface area contributed by atoms with Gasteiger partial charge in [-0.05, 0) is 29.3 Å². The number of hydrogen-bond acceptors (Lipinski definition) is 6. The van der Waals surface area contributed by atoms with Crippen LogP contribution in [0.4, 0.5) is 0 Å². The molecule has 1 atom stereocenters. The van der Waals surface area contributed by atoms with Gasteiger partial charge in [0, 0.05) is 10.0 Å². The van der Waals surface area contributed by atoms with E-state index in [1.807, 2.05) is 0 Å². The molecule has 0 amide bonds. The highest BCUT2D eigenvalue weighted by atomic mass is 35.5. The van der Waals surface area contributed by atoms with E-state index < -0.39 is 17.4 Å². The summed E-state index contributed by atoms with van der Waals surface area (Å²) in [6, 6.07) is 16.0. The zero-order valence-corrected chi connectivity index (χ0v) is 19.0. The zero-order chi connectivity index (χ0) is 23.0. The maximum atomic E-state index is 13.3. The van der Waals surface area contributed by atoms with Crippen molar-refractivity contribution in [2.24, 2.45) is 5.73 Å². The average Bonchev–Trinajstić information content (AvgIpc) is 3.11. The summed E-state index contributed by atoms with van der Waals surface area (Å²) in [4.78, 5) is 26.2. The molecule has 2 N–H and O–H groups in total. The first kappa shape index (κ1) is 21.9. The number of aromatic nitrogens is 1. The van der Waals surface area contributed by atoms with Gasteiger partial charge in [0.15, 0.2) is 0 Å². The molecule has 1 aliphatic heterocycles. The normalized spacial score (nSPS) is 16.0. The van der Waals surface area contributed by atoms with Gasteiger partial charge in [0.05, 0.1) is 34.8 Å². The lowest BCUT2D eigenvalue weighted by Gasteiger charge is -2.25. The molecule has 0 spiro atoms. The molecule has 4 rings (SSSR count). The largest absolute Gasteiger partial charge is 0.466 e. The number of hydrogen-bond donors (Lipinski definition) is 1. The molecule has 0 radical (unpaired) electrons. The predicted octanol–water partition coefficient (Wildman–Crippen LogP) is 2.82. The number of ether oxygens (including phenoxy) is 1. The molecule has 9 heteroatoms. The fraction of sp³-hybridized carbons (Fsp3) is 0.0870. The van der Waals surface area contributed by atoms with Crippen LogP contribution in [-0.2, 0) is 9.53 Å². The third kappa shape index (κ3) is 3.53. The molecule has 0 saturated carbocycles. The molecule has 6 nitrogen and oxygen atoms in total. The molecular weight excluding hydrogens is 469 g/mol. The summed E-state index contributed by atoms with van der Waals surface area (Å²) in [5.74, 6) is -1.62. The first-order chi connectivity index (χ1) is 15.4. The second-order valence-electron chi connectivity index (χ2n) is 6.85. The summed E-state index contributed by atoms with van der Waals surface area (Å²) in [7, 11) is 1.24. The Labute approximate surface area is 196 Å². The Kier molecular flexibility index (Phi) is 5.94. The first-order valence-corrected chi connectivity index (χ1v) is 10.9. The number of rotatable bonds is 3. The van der Waals surface area contributed by atoms with Gasteiger partial charge in [-0.15, -0.1) is 11.3 Å². The van der Waals surface area contributed by atoms with E-state index in [-0.39, 0.29) is 21.6 Å². The van der Waals surface area contributed by atoms with Crippen molar-refractivity contribution < 1.29 is 9.53 Å². The smallest absolute Gasteiger partial charge is 0.337 e. The highest BCUT2D eigenvalue weighted by Crippen LogP contribution is 2.39. The number of methoxy groups -OCH3 is 1. The molecule has 1 aliphatic rings. The van der Waals surface area contributed by atoms with Crippen molar-refractivity contribution in [3.05, 3.63) is 94.8 Å². The van der Waals surface area contributed by atoms with Crippen molar-refractivity contribution in [2.75, 3.05) is 7.11 Å². The van der Waals surface area contributed by atoms with Gasteiger partial charge >= 0.3 is 5.97 Å². The van der Waals surface area contributed by atoms with Crippen LogP contribution in [-0.4, -0.2) is 17.6 Å². The van der Waals surface area contributed by atoms with Gasteiger partial charge in [-0.3, -0.25) is 9.36 Å². The molecule has 1 aromatic heterocycles. The number of nitrogens with two attached hydrogens (primary N) is 1. The molecule has 2 heterocycles. The Morgan fingerprint density at radius 1 is 1.19 bits per heavy atom. The summed E-state index contributed by atoms with van der Waals surface area (Å²) >= 11 is 13.7. The molecule has 0 fully saturated rings. The van der Waals surface area contributed by atoms with E-state index in [9.17, 15) is 14.9 Å². The van der Waals surface area contributed by atoms with Gasteiger partial charge < -0.3 is 10.5 Å². The zero-order valence-electron chi connectivity index (χ0n) is 16.6. The van der Waals surface area contributed by atoms with Crippen LogP contribution in [0, 0.1) is 11.3 Å². The highest BCUT2D eigenvalue weighted by Gasteiger charge is 2.37. The Morgan fingerprint density at radius 3 is 2.47 bits per heavy atom. The predicted molar refractivity (Wildman–Crippen MR) is 125 cm³/mol. The average molecular weight is 484 g/mol. The maximum Gasteiger partial charge on any atom is 0.337 e. The minimum atomic E-state index is -0.882. The Balaban J connectivity index is 2.15. The van der Waals surface area contributed by atoms with Crippen molar-refractivity contribution in [3.8, 4) is 6.07 Å². The number of nitriles is 1. The second kappa shape index (κ2) is 8.67. The van der Waals surface area contributed by atoms with E-state index in [1.54, 1.807) is 54.6 Å². The molecule has 0 aliphatic carbocycles. The lowest BCUT2D eigenvalue weighted by molar-refractivity contribution is -0.134. The summed E-state index contributed by atoms with van der Waals surface area (Å²) in [5, 5.41) is 10.7. The molecule has 1 unspecified atom stereocenters. The Hall–Kier alpha value is -3.31. The van der Waals surface area contributed by atoms with Crippen LogP contribution >= 0.6 is 34.5 Å². The third-order valence-corrected chi connectivity index (χ3v) is 6.88. The Bertz CT molecular complexity index is 1510. The van der Waals surface area contributed by atoms with Gasteiger partial charge in [0.1, 0.15) is 10.5 Å². The first-order valence-electron chi connectivity index (χ1n) is 9.34. The van der Waals surface area contributed by atoms with E-state index in [4.69, 9.17) is 33.7 Å². The summed E-state index contributed by atoms with van der Waals surface area (Å²) in [6.45, 7) is 0.